The minimum absolute atomic E-state index is 0.0105. The third kappa shape index (κ3) is 2.65. The van der Waals surface area contributed by atoms with E-state index in [1.54, 1.807) is 6.20 Å². The first-order valence-corrected chi connectivity index (χ1v) is 9.12. The van der Waals surface area contributed by atoms with Crippen LogP contribution in [0.15, 0.2) is 54.9 Å². The van der Waals surface area contributed by atoms with Gasteiger partial charge in [-0.25, -0.2) is 9.97 Å². The van der Waals surface area contributed by atoms with Crippen molar-refractivity contribution in [2.75, 3.05) is 13.1 Å². The van der Waals surface area contributed by atoms with E-state index < -0.39 is 0 Å². The molecule has 1 aromatic carbocycles. The van der Waals surface area contributed by atoms with Crippen molar-refractivity contribution < 1.29 is 4.79 Å². The molecule has 27 heavy (non-hydrogen) atoms. The second kappa shape index (κ2) is 6.16. The number of pyridine rings is 2. The van der Waals surface area contributed by atoms with E-state index in [0.29, 0.717) is 12.2 Å². The standard InChI is InChI=1S/C21H19N5O/c1-25-19-12-22-10-8-17(19)24-20(25)15-9-11-26(13-15)21(27)18-7-6-14-4-2-3-5-16(14)23-18/h2-8,10,12,15H,9,11,13H2,1H3/t15-/m1/s1. The predicted octanol–water partition coefficient (Wildman–Crippen LogP) is 3.15. The fraction of sp³-hybridized carbons (Fsp3) is 0.238. The van der Waals surface area contributed by atoms with Crippen LogP contribution in [-0.4, -0.2) is 43.4 Å². The highest BCUT2D eigenvalue weighted by Crippen LogP contribution is 2.29. The van der Waals surface area contributed by atoms with Crippen molar-refractivity contribution in [1.82, 2.24) is 24.4 Å². The maximum Gasteiger partial charge on any atom is 0.272 e. The number of imidazole rings is 1. The fourth-order valence-electron chi connectivity index (χ4n) is 3.92. The van der Waals surface area contributed by atoms with Crippen molar-refractivity contribution >= 4 is 27.8 Å². The van der Waals surface area contributed by atoms with Crippen LogP contribution in [0.4, 0.5) is 0 Å². The Kier molecular flexibility index (Phi) is 3.63. The topological polar surface area (TPSA) is 63.9 Å². The molecule has 0 aliphatic carbocycles. The van der Waals surface area contributed by atoms with Gasteiger partial charge in [0.2, 0.25) is 0 Å². The molecule has 1 amide bonds. The third-order valence-electron chi connectivity index (χ3n) is 5.38. The molecule has 1 aliphatic heterocycles. The molecule has 0 spiro atoms. The molecule has 1 fully saturated rings. The first-order valence-electron chi connectivity index (χ1n) is 9.12. The number of nitrogens with zero attached hydrogens (tertiary/aromatic N) is 5. The van der Waals surface area contributed by atoms with Gasteiger partial charge < -0.3 is 9.47 Å². The molecule has 0 unspecified atom stereocenters. The lowest BCUT2D eigenvalue weighted by Crippen LogP contribution is -2.29. The Balaban J connectivity index is 1.40. The first-order chi connectivity index (χ1) is 13.2. The van der Waals surface area contributed by atoms with Crippen LogP contribution in [0.1, 0.15) is 28.7 Å². The Morgan fingerprint density at radius 3 is 2.85 bits per heavy atom. The van der Waals surface area contributed by atoms with E-state index in [-0.39, 0.29) is 11.8 Å². The summed E-state index contributed by atoms with van der Waals surface area (Å²) in [6.45, 7) is 1.39. The normalized spacial score (nSPS) is 17.1. The molecule has 0 N–H and O–H groups in total. The zero-order chi connectivity index (χ0) is 18.4. The molecule has 3 aromatic heterocycles. The maximum absolute atomic E-state index is 13.0. The average Bonchev–Trinajstić information content (AvgIpc) is 3.32. The molecule has 0 saturated carbocycles. The predicted molar refractivity (Wildman–Crippen MR) is 104 cm³/mol. The largest absolute Gasteiger partial charge is 0.337 e. The highest BCUT2D eigenvalue weighted by atomic mass is 16.2. The summed E-state index contributed by atoms with van der Waals surface area (Å²) >= 11 is 0. The molecule has 5 rings (SSSR count). The number of carbonyl (C=O) groups excluding carboxylic acids is 1. The van der Waals surface area contributed by atoms with Crippen LogP contribution in [0.5, 0.6) is 0 Å². The van der Waals surface area contributed by atoms with Gasteiger partial charge in [-0.3, -0.25) is 9.78 Å². The molecule has 134 valence electrons. The van der Waals surface area contributed by atoms with Crippen molar-refractivity contribution in [3.63, 3.8) is 0 Å². The van der Waals surface area contributed by atoms with Crippen LogP contribution in [-0.2, 0) is 7.05 Å². The number of aromatic nitrogens is 4. The van der Waals surface area contributed by atoms with Gasteiger partial charge in [0.1, 0.15) is 11.5 Å². The summed E-state index contributed by atoms with van der Waals surface area (Å²) in [6, 6.07) is 13.6. The van der Waals surface area contributed by atoms with E-state index >= 15 is 0 Å². The molecule has 4 heterocycles. The Hall–Kier alpha value is -3.28. The van der Waals surface area contributed by atoms with E-state index in [4.69, 9.17) is 4.98 Å². The van der Waals surface area contributed by atoms with Crippen LogP contribution < -0.4 is 0 Å². The molecule has 4 aromatic rings. The van der Waals surface area contributed by atoms with Crippen LogP contribution >= 0.6 is 0 Å². The first kappa shape index (κ1) is 15.9. The van der Waals surface area contributed by atoms with Crippen molar-refractivity contribution in [2.24, 2.45) is 7.05 Å². The zero-order valence-electron chi connectivity index (χ0n) is 15.0. The van der Waals surface area contributed by atoms with Crippen LogP contribution in [0, 0.1) is 0 Å². The van der Waals surface area contributed by atoms with Gasteiger partial charge in [0.25, 0.3) is 5.91 Å². The minimum atomic E-state index is -0.0105. The van der Waals surface area contributed by atoms with E-state index in [9.17, 15) is 4.79 Å². The van der Waals surface area contributed by atoms with Crippen LogP contribution in [0.3, 0.4) is 0 Å². The summed E-state index contributed by atoms with van der Waals surface area (Å²) in [4.78, 5) is 28.3. The third-order valence-corrected chi connectivity index (χ3v) is 5.38. The summed E-state index contributed by atoms with van der Waals surface area (Å²) in [7, 11) is 2.02. The quantitative estimate of drug-likeness (QED) is 0.553. The van der Waals surface area contributed by atoms with Crippen molar-refractivity contribution in [1.29, 1.82) is 0 Å². The number of hydrogen-bond donors (Lipinski definition) is 0. The molecule has 6 heteroatoms. The van der Waals surface area contributed by atoms with E-state index in [2.05, 4.69) is 14.5 Å². The lowest BCUT2D eigenvalue weighted by molar-refractivity contribution is 0.0785. The Morgan fingerprint density at radius 2 is 1.96 bits per heavy atom. The summed E-state index contributed by atoms with van der Waals surface area (Å²) in [5, 5.41) is 1.04. The zero-order valence-corrected chi connectivity index (χ0v) is 15.0. The number of benzene rings is 1. The number of rotatable bonds is 2. The highest BCUT2D eigenvalue weighted by Gasteiger charge is 2.31. The molecule has 0 radical (unpaired) electrons. The lowest BCUT2D eigenvalue weighted by atomic mass is 10.1. The summed E-state index contributed by atoms with van der Waals surface area (Å²) in [5.41, 5.74) is 3.32. The van der Waals surface area contributed by atoms with Gasteiger partial charge in [0, 0.05) is 37.6 Å². The van der Waals surface area contributed by atoms with Crippen molar-refractivity contribution in [2.45, 2.75) is 12.3 Å². The minimum Gasteiger partial charge on any atom is -0.337 e. The van der Waals surface area contributed by atoms with Gasteiger partial charge in [0.15, 0.2) is 0 Å². The smallest absolute Gasteiger partial charge is 0.272 e. The molecule has 1 saturated heterocycles. The molecular weight excluding hydrogens is 338 g/mol. The van der Waals surface area contributed by atoms with Gasteiger partial charge in [-0.2, -0.15) is 0 Å². The average molecular weight is 357 g/mol. The number of amides is 1. The van der Waals surface area contributed by atoms with Crippen LogP contribution in [0.2, 0.25) is 0 Å². The van der Waals surface area contributed by atoms with Crippen molar-refractivity contribution in [3.8, 4) is 0 Å². The SMILES string of the molecule is Cn1c([C@@H]2CCN(C(=O)c3ccc4ccccc4n3)C2)nc2ccncc21. The molecule has 1 aliphatic rings. The van der Waals surface area contributed by atoms with E-state index in [0.717, 1.165) is 40.7 Å². The number of likely N-dealkylation sites (tertiary alicyclic amines) is 1. The number of aryl methyl sites for hydroxylation is 1. The van der Waals surface area contributed by atoms with Crippen molar-refractivity contribution in [3.05, 3.63) is 66.4 Å². The lowest BCUT2D eigenvalue weighted by Gasteiger charge is -2.16. The maximum atomic E-state index is 13.0. The number of fused-ring (bicyclic) bond motifs is 2. The summed E-state index contributed by atoms with van der Waals surface area (Å²) in [6.07, 6.45) is 4.50. The van der Waals surface area contributed by atoms with Gasteiger partial charge >= 0.3 is 0 Å². The van der Waals surface area contributed by atoms with Gasteiger partial charge in [-0.15, -0.1) is 0 Å². The highest BCUT2D eigenvalue weighted by molar-refractivity contribution is 5.95. The summed E-state index contributed by atoms with van der Waals surface area (Å²) in [5.74, 6) is 1.23. The van der Waals surface area contributed by atoms with Gasteiger partial charge in [-0.1, -0.05) is 24.3 Å². The fourth-order valence-corrected chi connectivity index (χ4v) is 3.92. The molecule has 6 nitrogen and oxygen atoms in total. The number of para-hydroxylation sites is 1. The van der Waals surface area contributed by atoms with Gasteiger partial charge in [0.05, 0.1) is 22.7 Å². The van der Waals surface area contributed by atoms with E-state index in [1.165, 1.54) is 0 Å². The summed E-state index contributed by atoms with van der Waals surface area (Å²) < 4.78 is 2.09. The second-order valence-electron chi connectivity index (χ2n) is 7.02. The van der Waals surface area contributed by atoms with Gasteiger partial charge in [-0.05, 0) is 24.6 Å². The molecular formula is C21H19N5O. The Bertz CT molecular complexity index is 1170. The number of hydrogen-bond acceptors (Lipinski definition) is 4. The monoisotopic (exact) mass is 357 g/mol. The second-order valence-corrected chi connectivity index (χ2v) is 7.02. The number of carbonyl (C=O) groups is 1. The Morgan fingerprint density at radius 1 is 1.07 bits per heavy atom. The Labute approximate surface area is 156 Å². The van der Waals surface area contributed by atoms with E-state index in [1.807, 2.05) is 60.6 Å². The van der Waals surface area contributed by atoms with Crippen LogP contribution in [0.25, 0.3) is 21.9 Å². The molecule has 1 atom stereocenters. The molecule has 0 bridgehead atoms.